The first-order valence-corrected chi connectivity index (χ1v) is 15.8. The lowest BCUT2D eigenvalue weighted by atomic mass is 9.51. The van der Waals surface area contributed by atoms with Gasteiger partial charge in [-0.2, -0.15) is 0 Å². The van der Waals surface area contributed by atoms with E-state index in [-0.39, 0.29) is 6.61 Å². The Morgan fingerprint density at radius 1 is 0.979 bits per heavy atom. The van der Waals surface area contributed by atoms with E-state index in [1.807, 2.05) is 20.8 Å². The van der Waals surface area contributed by atoms with Crippen molar-refractivity contribution in [3.8, 4) is 5.75 Å². The molecule has 0 aromatic heterocycles. The van der Waals surface area contributed by atoms with Crippen molar-refractivity contribution in [1.82, 2.24) is 5.32 Å². The van der Waals surface area contributed by atoms with E-state index in [2.05, 4.69) is 5.32 Å². The van der Waals surface area contributed by atoms with Crippen LogP contribution in [0.25, 0.3) is 0 Å². The van der Waals surface area contributed by atoms with E-state index in [4.69, 9.17) is 33.2 Å². The zero-order chi connectivity index (χ0) is 34.3. The average Bonchev–Trinajstić information content (AvgIpc) is 3.67. The number of hydrogen-bond donors (Lipinski definition) is 3. The van der Waals surface area contributed by atoms with Gasteiger partial charge in [-0.3, -0.25) is 4.79 Å². The maximum Gasteiger partial charge on any atom is 0.407 e. The summed E-state index contributed by atoms with van der Waals surface area (Å²) < 4.78 is 41.9. The summed E-state index contributed by atoms with van der Waals surface area (Å²) in [5.74, 6) is -4.46. The predicted octanol–water partition coefficient (Wildman–Crippen LogP) is 1.37. The number of aliphatic hydroxyl groups is 2. The molecule has 4 heterocycles. The smallest absolute Gasteiger partial charge is 0.407 e. The molecule has 1 aromatic carbocycles. The third-order valence-electron chi connectivity index (χ3n) is 11.2. The molecule has 6 aliphatic rings. The summed E-state index contributed by atoms with van der Waals surface area (Å²) in [6, 6.07) is 6.97. The Bertz CT molecular complexity index is 1550. The molecule has 1 aromatic rings. The summed E-state index contributed by atoms with van der Waals surface area (Å²) in [7, 11) is 1.54. The van der Waals surface area contributed by atoms with Gasteiger partial charge in [-0.15, -0.1) is 0 Å². The van der Waals surface area contributed by atoms with Crippen molar-refractivity contribution in [2.75, 3.05) is 7.11 Å². The van der Waals surface area contributed by atoms with Gasteiger partial charge in [0, 0.05) is 11.5 Å². The maximum atomic E-state index is 14.3. The second kappa shape index (κ2) is 9.58. The summed E-state index contributed by atoms with van der Waals surface area (Å²) >= 11 is 0. The molecule has 2 saturated carbocycles. The van der Waals surface area contributed by atoms with Crippen LogP contribution >= 0.6 is 0 Å². The molecule has 2 spiro atoms. The maximum absolute atomic E-state index is 14.3. The lowest BCUT2D eigenvalue weighted by Gasteiger charge is -2.48. The minimum absolute atomic E-state index is 0.108. The second-order valence-corrected chi connectivity index (χ2v) is 15.7. The Balaban J connectivity index is 1.45. The molecule has 4 saturated heterocycles. The lowest BCUT2D eigenvalue weighted by molar-refractivity contribution is -0.240. The van der Waals surface area contributed by atoms with E-state index < -0.39 is 106 Å². The molecule has 256 valence electrons. The number of rotatable bonds is 5. The van der Waals surface area contributed by atoms with Gasteiger partial charge < -0.3 is 48.7 Å². The fourth-order valence-electron chi connectivity index (χ4n) is 9.89. The first kappa shape index (κ1) is 32.1. The third-order valence-corrected chi connectivity index (χ3v) is 11.2. The molecule has 7 rings (SSSR count). The van der Waals surface area contributed by atoms with Gasteiger partial charge in [0.1, 0.15) is 18.0 Å². The Morgan fingerprint density at radius 2 is 1.64 bits per heavy atom. The Kier molecular flexibility index (Phi) is 6.54. The highest BCUT2D eigenvalue weighted by atomic mass is 16.8. The van der Waals surface area contributed by atoms with Crippen molar-refractivity contribution in [3.63, 3.8) is 0 Å². The van der Waals surface area contributed by atoms with Crippen LogP contribution in [0.1, 0.15) is 54.0 Å². The lowest BCUT2D eigenvalue weighted by Crippen LogP contribution is -2.67. The number of nitrogens with one attached hydrogen (secondary N) is 1. The summed E-state index contributed by atoms with van der Waals surface area (Å²) in [5.41, 5.74) is -9.65. The number of carbonyl (C=O) groups is 4. The topological polar surface area (TPSA) is 185 Å². The normalized spacial score (nSPS) is 44.3. The highest BCUT2D eigenvalue weighted by molar-refractivity contribution is 5.94. The second-order valence-electron chi connectivity index (χ2n) is 15.7. The van der Waals surface area contributed by atoms with Crippen LogP contribution < -0.4 is 10.1 Å². The number of amides is 1. The van der Waals surface area contributed by atoms with Crippen LogP contribution in [0.15, 0.2) is 24.3 Å². The van der Waals surface area contributed by atoms with Gasteiger partial charge in [-0.05, 0) is 50.8 Å². The molecule has 12 atom stereocenters. The number of fused-ring (bicyclic) bond motifs is 1. The van der Waals surface area contributed by atoms with Gasteiger partial charge in [0.2, 0.25) is 11.9 Å². The van der Waals surface area contributed by atoms with Gasteiger partial charge in [0.15, 0.2) is 23.9 Å². The molecule has 4 aliphatic heterocycles. The number of ether oxygens (including phenoxy) is 7. The van der Waals surface area contributed by atoms with Gasteiger partial charge in [0.25, 0.3) is 0 Å². The molecule has 14 heteroatoms. The molecular formula is C33H41NO13. The quantitative estimate of drug-likeness (QED) is 0.304. The molecule has 0 radical (unpaired) electrons. The Morgan fingerprint density at radius 3 is 2.23 bits per heavy atom. The fraction of sp³-hybridized carbons (Fsp3) is 0.697. The molecule has 8 unspecified atom stereocenters. The largest absolute Gasteiger partial charge is 0.497 e. The van der Waals surface area contributed by atoms with Gasteiger partial charge >= 0.3 is 24.0 Å². The predicted molar refractivity (Wildman–Crippen MR) is 156 cm³/mol. The first-order chi connectivity index (χ1) is 21.8. The zero-order valence-corrected chi connectivity index (χ0v) is 27.5. The van der Waals surface area contributed by atoms with Crippen LogP contribution in [0, 0.1) is 28.1 Å². The molecule has 1 amide bonds. The zero-order valence-electron chi connectivity index (χ0n) is 27.5. The first-order valence-electron chi connectivity index (χ1n) is 15.8. The minimum atomic E-state index is -2.46. The fourth-order valence-corrected chi connectivity index (χ4v) is 9.89. The van der Waals surface area contributed by atoms with Crippen LogP contribution in [-0.2, 0) is 49.4 Å². The van der Waals surface area contributed by atoms with E-state index in [0.29, 0.717) is 11.3 Å². The van der Waals surface area contributed by atoms with Crippen LogP contribution in [0.5, 0.6) is 5.75 Å². The standard InChI is InChI=1S/C33H41NO13/c1-14-23(36)44-21-19(35)31-20-17(43-27(39)34-29(5,6)7)18(28(2,3)4)30(31)22(42-13-15-9-11-16(41-8)12-10-15)24(37)46-26(30)47-33(31,25(38)45-20)32(14,21)40/h9-12,14,17-22,26,35,40H,13H2,1-8H3,(H,34,39)/t14-,17-,18?,19?,20?,21?,22+,26?,30?,31?,32-,33?/m1/s1. The molecule has 2 aliphatic carbocycles. The highest BCUT2D eigenvalue weighted by Gasteiger charge is 3.05. The van der Waals surface area contributed by atoms with E-state index in [1.54, 1.807) is 45.0 Å². The summed E-state index contributed by atoms with van der Waals surface area (Å²) in [6.45, 7) is 12.1. The van der Waals surface area contributed by atoms with Crippen molar-refractivity contribution in [2.24, 2.45) is 28.1 Å². The Hall–Kier alpha value is -3.46. The Labute approximate surface area is 271 Å². The van der Waals surface area contributed by atoms with Crippen LogP contribution in [0.2, 0.25) is 0 Å². The average molecular weight is 660 g/mol. The minimum Gasteiger partial charge on any atom is -0.497 e. The van der Waals surface area contributed by atoms with Crippen LogP contribution in [-0.4, -0.2) is 94.9 Å². The molecule has 3 N–H and O–H groups in total. The van der Waals surface area contributed by atoms with E-state index in [1.165, 1.54) is 14.0 Å². The molecule has 14 nitrogen and oxygen atoms in total. The van der Waals surface area contributed by atoms with Crippen molar-refractivity contribution in [1.29, 1.82) is 0 Å². The number of aliphatic hydroxyl groups excluding tert-OH is 1. The molecular weight excluding hydrogens is 618 g/mol. The number of carbonyl (C=O) groups excluding carboxylic acids is 4. The van der Waals surface area contributed by atoms with Gasteiger partial charge in [-0.1, -0.05) is 32.9 Å². The van der Waals surface area contributed by atoms with Crippen molar-refractivity contribution in [3.05, 3.63) is 29.8 Å². The van der Waals surface area contributed by atoms with Crippen LogP contribution in [0.4, 0.5) is 4.79 Å². The van der Waals surface area contributed by atoms with Crippen molar-refractivity contribution in [2.45, 2.75) is 109 Å². The number of alkyl carbamates (subject to hydrolysis) is 1. The van der Waals surface area contributed by atoms with E-state index >= 15 is 0 Å². The van der Waals surface area contributed by atoms with Gasteiger partial charge in [0.05, 0.1) is 30.5 Å². The van der Waals surface area contributed by atoms with Gasteiger partial charge in [-0.25, -0.2) is 14.4 Å². The highest BCUT2D eigenvalue weighted by Crippen LogP contribution is 2.85. The number of methoxy groups -OCH3 is 1. The van der Waals surface area contributed by atoms with Crippen LogP contribution in [0.3, 0.4) is 0 Å². The van der Waals surface area contributed by atoms with E-state index in [0.717, 1.165) is 0 Å². The molecule has 0 bridgehead atoms. The monoisotopic (exact) mass is 659 g/mol. The van der Waals surface area contributed by atoms with Crippen molar-refractivity contribution < 1.29 is 62.5 Å². The summed E-state index contributed by atoms with van der Waals surface area (Å²) in [5, 5.41) is 27.8. The molecule has 6 fully saturated rings. The molecule has 47 heavy (non-hydrogen) atoms. The number of benzene rings is 1. The van der Waals surface area contributed by atoms with Crippen molar-refractivity contribution >= 4 is 24.0 Å². The summed E-state index contributed by atoms with van der Waals surface area (Å²) in [6.07, 6.45) is -10.2. The number of esters is 3. The van der Waals surface area contributed by atoms with E-state index in [9.17, 15) is 29.4 Å². The SMILES string of the molecule is COc1ccc(CO[C@H]2C(=O)OC3OC45C(=O)OC6[C@H](OC(=O)NC(C)(C)C)C(C(C)(C)C)C32C64C(O)C2OC(=O)[C@@H](C)[C@@]25O)cc1. The summed E-state index contributed by atoms with van der Waals surface area (Å²) in [4.78, 5) is 54.7. The third kappa shape index (κ3) is 3.54. The number of hydrogen-bond acceptors (Lipinski definition) is 13.